The lowest BCUT2D eigenvalue weighted by molar-refractivity contribution is -0.385. The number of hydrogen-bond acceptors (Lipinski definition) is 7. The van der Waals surface area contributed by atoms with Crippen LogP contribution in [0.25, 0.3) is 17.1 Å². The number of primary amides is 1. The van der Waals surface area contributed by atoms with Crippen LogP contribution in [0.4, 0.5) is 5.69 Å². The van der Waals surface area contributed by atoms with Crippen LogP contribution in [-0.4, -0.2) is 30.6 Å². The van der Waals surface area contributed by atoms with Crippen LogP contribution in [0.3, 0.4) is 0 Å². The van der Waals surface area contributed by atoms with Gasteiger partial charge in [-0.15, -0.1) is 10.2 Å². The zero-order chi connectivity index (χ0) is 23.5. The second-order valence-corrected chi connectivity index (χ2v) is 8.36. The number of carbonyl (C=O) groups is 1. The highest BCUT2D eigenvalue weighted by atomic mass is 35.5. The highest BCUT2D eigenvalue weighted by Gasteiger charge is 2.21. The van der Waals surface area contributed by atoms with Gasteiger partial charge < -0.3 is 5.73 Å². The molecule has 2 aromatic heterocycles. The minimum absolute atomic E-state index is 0.0770. The molecule has 2 aromatic carbocycles. The largest absolute Gasteiger partial charge is 0.366 e. The summed E-state index contributed by atoms with van der Waals surface area (Å²) in [4.78, 5) is 26.5. The summed E-state index contributed by atoms with van der Waals surface area (Å²) >= 11 is 7.65. The van der Waals surface area contributed by atoms with E-state index in [0.717, 1.165) is 16.8 Å². The molecule has 0 aliphatic carbocycles. The molecule has 0 bridgehead atoms. The van der Waals surface area contributed by atoms with Crippen LogP contribution in [0, 0.1) is 17.0 Å². The van der Waals surface area contributed by atoms with E-state index in [0.29, 0.717) is 21.6 Å². The zero-order valence-corrected chi connectivity index (χ0v) is 18.9. The van der Waals surface area contributed by atoms with Crippen molar-refractivity contribution < 1.29 is 9.72 Å². The topological polar surface area (TPSA) is 130 Å². The molecule has 0 radical (unpaired) electrons. The smallest absolute Gasteiger partial charge is 0.274 e. The Bertz CT molecular complexity index is 1360. The number of nitro benzene ring substituents is 1. The molecule has 0 fully saturated rings. The van der Waals surface area contributed by atoms with E-state index in [2.05, 4.69) is 15.2 Å². The van der Waals surface area contributed by atoms with E-state index in [1.54, 1.807) is 18.5 Å². The monoisotopic (exact) mass is 480 g/mol. The van der Waals surface area contributed by atoms with Crippen molar-refractivity contribution in [3.63, 3.8) is 0 Å². The van der Waals surface area contributed by atoms with Crippen LogP contribution in [0.15, 0.2) is 66.1 Å². The number of hydrogen-bond donors (Lipinski definition) is 1. The number of thioether (sulfide) groups is 1. The summed E-state index contributed by atoms with van der Waals surface area (Å²) in [5.74, 6) is 0.0861. The quantitative estimate of drug-likeness (QED) is 0.232. The fraction of sp³-hybridized carbons (Fsp3) is 0.0909. The van der Waals surface area contributed by atoms with Gasteiger partial charge in [0.2, 0.25) is 5.91 Å². The summed E-state index contributed by atoms with van der Waals surface area (Å²) in [6.45, 7) is 1.90. The summed E-state index contributed by atoms with van der Waals surface area (Å²) in [6, 6.07) is 13.4. The Morgan fingerprint density at radius 1 is 1.18 bits per heavy atom. The molecule has 4 rings (SSSR count). The number of carbonyl (C=O) groups excluding carboxylic acids is 1. The molecular weight excluding hydrogens is 464 g/mol. The molecule has 0 saturated heterocycles. The summed E-state index contributed by atoms with van der Waals surface area (Å²) in [6.07, 6.45) is 3.32. The lowest BCUT2D eigenvalue weighted by Crippen LogP contribution is -2.11. The van der Waals surface area contributed by atoms with Crippen molar-refractivity contribution in [3.8, 4) is 17.1 Å². The van der Waals surface area contributed by atoms with Crippen molar-refractivity contribution in [3.05, 3.63) is 92.8 Å². The van der Waals surface area contributed by atoms with Gasteiger partial charge in [0, 0.05) is 45.9 Å². The maximum absolute atomic E-state index is 11.6. The van der Waals surface area contributed by atoms with E-state index >= 15 is 0 Å². The third kappa shape index (κ3) is 4.57. The van der Waals surface area contributed by atoms with Gasteiger partial charge in [-0.3, -0.25) is 24.5 Å². The van der Waals surface area contributed by atoms with Crippen LogP contribution in [0.1, 0.15) is 21.5 Å². The number of benzene rings is 2. The number of nitro groups is 1. The molecule has 2 heterocycles. The van der Waals surface area contributed by atoms with Gasteiger partial charge in [0.15, 0.2) is 11.0 Å². The van der Waals surface area contributed by atoms with Gasteiger partial charge in [-0.1, -0.05) is 35.5 Å². The first-order valence-corrected chi connectivity index (χ1v) is 11.0. The summed E-state index contributed by atoms with van der Waals surface area (Å²) in [7, 11) is 0. The maximum Gasteiger partial charge on any atom is 0.274 e. The Balaban J connectivity index is 1.77. The number of nitrogens with zero attached hydrogens (tertiary/aromatic N) is 5. The van der Waals surface area contributed by atoms with Crippen molar-refractivity contribution in [1.82, 2.24) is 19.7 Å². The molecule has 1 amide bonds. The van der Waals surface area contributed by atoms with Gasteiger partial charge in [-0.25, -0.2) is 0 Å². The number of halogens is 1. The molecule has 0 aliphatic rings. The fourth-order valence-corrected chi connectivity index (χ4v) is 4.37. The van der Waals surface area contributed by atoms with Crippen molar-refractivity contribution in [2.75, 3.05) is 0 Å². The fourth-order valence-electron chi connectivity index (χ4n) is 3.26. The molecule has 2 N–H and O–H groups in total. The van der Waals surface area contributed by atoms with Crippen LogP contribution in [0.2, 0.25) is 5.02 Å². The third-order valence-electron chi connectivity index (χ3n) is 4.98. The van der Waals surface area contributed by atoms with Gasteiger partial charge in [0.25, 0.3) is 5.69 Å². The van der Waals surface area contributed by atoms with Gasteiger partial charge >= 0.3 is 0 Å². The summed E-state index contributed by atoms with van der Waals surface area (Å²) < 4.78 is 1.87. The highest BCUT2D eigenvalue weighted by Crippen LogP contribution is 2.34. The van der Waals surface area contributed by atoms with Crippen molar-refractivity contribution in [2.24, 2.45) is 5.73 Å². The Morgan fingerprint density at radius 3 is 2.64 bits per heavy atom. The number of amides is 1. The molecule has 4 aromatic rings. The predicted molar refractivity (Wildman–Crippen MR) is 126 cm³/mol. The number of rotatable bonds is 7. The molecule has 0 aliphatic heterocycles. The SMILES string of the molecule is Cc1c(Cl)cccc1-n1c(SCc2ccc(C(N)=O)cc2[N+](=O)[O-])nnc1-c1ccncc1. The minimum atomic E-state index is -0.726. The average Bonchev–Trinajstić information content (AvgIpc) is 3.23. The Labute approximate surface area is 197 Å². The molecule has 0 saturated carbocycles. The standard InChI is InChI=1S/C22H17ClN6O3S/c1-13-17(23)3-2-4-18(13)28-21(14-7-9-25-10-8-14)26-27-22(28)33-12-16-6-5-15(20(24)30)11-19(16)29(31)32/h2-11H,12H2,1H3,(H2,24,30). The molecule has 9 nitrogen and oxygen atoms in total. The van der Waals surface area contributed by atoms with Crippen molar-refractivity contribution in [1.29, 1.82) is 0 Å². The van der Waals surface area contributed by atoms with Gasteiger partial charge in [-0.2, -0.15) is 0 Å². The van der Waals surface area contributed by atoms with Gasteiger partial charge in [-0.05, 0) is 42.8 Å². The molecular formula is C22H17ClN6O3S. The number of aromatic nitrogens is 4. The van der Waals surface area contributed by atoms with E-state index in [1.807, 2.05) is 35.8 Å². The Morgan fingerprint density at radius 2 is 1.94 bits per heavy atom. The first-order valence-electron chi connectivity index (χ1n) is 9.68. The summed E-state index contributed by atoms with van der Waals surface area (Å²) in [5, 5.41) is 21.4. The van der Waals surface area contributed by atoms with Gasteiger partial charge in [0.1, 0.15) is 0 Å². The molecule has 0 unspecified atom stereocenters. The first kappa shape index (κ1) is 22.4. The van der Waals surface area contributed by atoms with Crippen molar-refractivity contribution in [2.45, 2.75) is 17.8 Å². The van der Waals surface area contributed by atoms with Gasteiger partial charge in [0.05, 0.1) is 10.6 Å². The molecule has 11 heteroatoms. The third-order valence-corrected chi connectivity index (χ3v) is 6.36. The summed E-state index contributed by atoms with van der Waals surface area (Å²) in [5.41, 5.74) is 8.02. The Hall–Kier alpha value is -3.76. The predicted octanol–water partition coefficient (Wildman–Crippen LogP) is 4.59. The van der Waals surface area contributed by atoms with E-state index < -0.39 is 10.8 Å². The molecule has 0 spiro atoms. The number of pyridine rings is 1. The van der Waals surface area contributed by atoms with Crippen LogP contribution in [-0.2, 0) is 5.75 Å². The first-order chi connectivity index (χ1) is 15.9. The molecule has 0 atom stereocenters. The van der Waals surface area contributed by atoms with Crippen LogP contribution in [0.5, 0.6) is 0 Å². The van der Waals surface area contributed by atoms with E-state index in [1.165, 1.54) is 30.0 Å². The zero-order valence-electron chi connectivity index (χ0n) is 17.3. The molecule has 33 heavy (non-hydrogen) atoms. The number of nitrogens with two attached hydrogens (primary N) is 1. The van der Waals surface area contributed by atoms with E-state index in [9.17, 15) is 14.9 Å². The lowest BCUT2D eigenvalue weighted by Gasteiger charge is -2.14. The molecule has 166 valence electrons. The lowest BCUT2D eigenvalue weighted by atomic mass is 10.1. The van der Waals surface area contributed by atoms with Crippen molar-refractivity contribution >= 4 is 35.0 Å². The second-order valence-electron chi connectivity index (χ2n) is 7.01. The average molecular weight is 481 g/mol. The second kappa shape index (κ2) is 9.39. The highest BCUT2D eigenvalue weighted by molar-refractivity contribution is 7.98. The Kier molecular flexibility index (Phi) is 6.38. The van der Waals surface area contributed by atoms with Crippen LogP contribution < -0.4 is 5.73 Å². The van der Waals surface area contributed by atoms with E-state index in [4.69, 9.17) is 17.3 Å². The normalized spacial score (nSPS) is 10.8. The minimum Gasteiger partial charge on any atom is -0.366 e. The maximum atomic E-state index is 11.6. The van der Waals surface area contributed by atoms with E-state index in [-0.39, 0.29) is 17.0 Å². The van der Waals surface area contributed by atoms with Crippen LogP contribution >= 0.6 is 23.4 Å².